The highest BCUT2D eigenvalue weighted by molar-refractivity contribution is 5.25. The van der Waals surface area contributed by atoms with Crippen LogP contribution in [-0.4, -0.2) is 13.1 Å². The van der Waals surface area contributed by atoms with E-state index in [4.69, 9.17) is 17.2 Å². The Morgan fingerprint density at radius 3 is 2.29 bits per heavy atom. The first-order valence-corrected chi connectivity index (χ1v) is 5.01. The van der Waals surface area contributed by atoms with E-state index in [-0.39, 0.29) is 0 Å². The lowest BCUT2D eigenvalue weighted by atomic mass is 9.92. The lowest BCUT2D eigenvalue weighted by Gasteiger charge is -2.24. The van der Waals surface area contributed by atoms with Crippen molar-refractivity contribution >= 4 is 0 Å². The molecule has 1 saturated heterocycles. The monoisotopic (exact) mass is 196 g/mol. The highest BCUT2D eigenvalue weighted by Gasteiger charge is 2.16. The van der Waals surface area contributed by atoms with Crippen LogP contribution in [0.3, 0.4) is 0 Å². The standard InChI is InChI=1S/C10H20N4/c1-7(6-9(11)12)10(13)8-2-4-14-5-3-8/h6,8,14H,2-5,11-13H2,1H3/b10-7-. The molecule has 0 saturated carbocycles. The van der Waals surface area contributed by atoms with Gasteiger partial charge in [0.2, 0.25) is 0 Å². The Labute approximate surface area is 85.2 Å². The molecule has 0 aromatic carbocycles. The zero-order valence-corrected chi connectivity index (χ0v) is 8.72. The van der Waals surface area contributed by atoms with E-state index >= 15 is 0 Å². The van der Waals surface area contributed by atoms with Crippen molar-refractivity contribution in [2.45, 2.75) is 19.8 Å². The maximum Gasteiger partial charge on any atom is 0.0936 e. The zero-order valence-electron chi connectivity index (χ0n) is 8.72. The first-order chi connectivity index (χ1) is 6.61. The summed E-state index contributed by atoms with van der Waals surface area (Å²) in [4.78, 5) is 0. The van der Waals surface area contributed by atoms with Crippen molar-refractivity contribution in [1.82, 2.24) is 5.32 Å². The van der Waals surface area contributed by atoms with E-state index in [9.17, 15) is 0 Å². The molecule has 7 N–H and O–H groups in total. The van der Waals surface area contributed by atoms with Gasteiger partial charge in [0, 0.05) is 11.6 Å². The number of hydrogen-bond donors (Lipinski definition) is 4. The molecule has 0 bridgehead atoms. The Kier molecular flexibility index (Phi) is 3.83. The molecule has 1 fully saturated rings. The van der Waals surface area contributed by atoms with E-state index in [0.29, 0.717) is 11.7 Å². The molecule has 0 aromatic rings. The van der Waals surface area contributed by atoms with E-state index in [0.717, 1.165) is 37.2 Å². The molecular weight excluding hydrogens is 176 g/mol. The van der Waals surface area contributed by atoms with Gasteiger partial charge in [0.25, 0.3) is 0 Å². The lowest BCUT2D eigenvalue weighted by Crippen LogP contribution is -2.31. The van der Waals surface area contributed by atoms with Crippen molar-refractivity contribution in [2.75, 3.05) is 13.1 Å². The Morgan fingerprint density at radius 1 is 1.21 bits per heavy atom. The molecule has 0 atom stereocenters. The molecular formula is C10H20N4. The van der Waals surface area contributed by atoms with Crippen molar-refractivity contribution in [2.24, 2.45) is 23.1 Å². The fraction of sp³-hybridized carbons (Fsp3) is 0.600. The highest BCUT2D eigenvalue weighted by atomic mass is 14.9. The Hall–Kier alpha value is -1.16. The summed E-state index contributed by atoms with van der Waals surface area (Å²) in [5.41, 5.74) is 18.8. The van der Waals surface area contributed by atoms with Crippen LogP contribution in [0.4, 0.5) is 0 Å². The third-order valence-corrected chi connectivity index (χ3v) is 2.62. The molecule has 1 aliphatic heterocycles. The summed E-state index contributed by atoms with van der Waals surface area (Å²) in [6.07, 6.45) is 3.93. The Bertz CT molecular complexity index is 245. The predicted molar refractivity (Wildman–Crippen MR) is 58.9 cm³/mol. The average Bonchev–Trinajstić information content (AvgIpc) is 2.17. The predicted octanol–water partition coefficient (Wildman–Crippen LogP) is -0.0225. The molecule has 1 heterocycles. The van der Waals surface area contributed by atoms with Gasteiger partial charge in [0.05, 0.1) is 5.82 Å². The van der Waals surface area contributed by atoms with E-state index in [1.807, 2.05) is 6.92 Å². The number of piperidine rings is 1. The molecule has 1 rings (SSSR count). The minimum absolute atomic E-state index is 0.319. The first-order valence-electron chi connectivity index (χ1n) is 5.01. The van der Waals surface area contributed by atoms with Gasteiger partial charge in [-0.2, -0.15) is 0 Å². The van der Waals surface area contributed by atoms with E-state index in [2.05, 4.69) is 5.32 Å². The number of rotatable bonds is 2. The van der Waals surface area contributed by atoms with Crippen LogP contribution in [0.5, 0.6) is 0 Å². The van der Waals surface area contributed by atoms with Crippen molar-refractivity contribution in [1.29, 1.82) is 0 Å². The lowest BCUT2D eigenvalue weighted by molar-refractivity contribution is 0.415. The zero-order chi connectivity index (χ0) is 10.6. The van der Waals surface area contributed by atoms with Crippen molar-refractivity contribution < 1.29 is 0 Å². The van der Waals surface area contributed by atoms with E-state index in [1.165, 1.54) is 0 Å². The van der Waals surface area contributed by atoms with Crippen LogP contribution in [0.2, 0.25) is 0 Å². The van der Waals surface area contributed by atoms with Gasteiger partial charge in [-0.25, -0.2) is 0 Å². The molecule has 4 nitrogen and oxygen atoms in total. The summed E-state index contributed by atoms with van der Waals surface area (Å²) >= 11 is 0. The van der Waals surface area contributed by atoms with Gasteiger partial charge in [-0.15, -0.1) is 0 Å². The van der Waals surface area contributed by atoms with Gasteiger partial charge < -0.3 is 22.5 Å². The minimum Gasteiger partial charge on any atom is -0.402 e. The number of hydrogen-bond acceptors (Lipinski definition) is 4. The summed E-state index contributed by atoms with van der Waals surface area (Å²) in [7, 11) is 0. The van der Waals surface area contributed by atoms with E-state index in [1.54, 1.807) is 6.08 Å². The molecule has 0 unspecified atom stereocenters. The first kappa shape index (κ1) is 10.9. The second-order valence-electron chi connectivity index (χ2n) is 3.81. The summed E-state index contributed by atoms with van der Waals surface area (Å²) in [5.74, 6) is 0.797. The van der Waals surface area contributed by atoms with Crippen LogP contribution >= 0.6 is 0 Å². The third-order valence-electron chi connectivity index (χ3n) is 2.62. The van der Waals surface area contributed by atoms with Crippen LogP contribution in [-0.2, 0) is 0 Å². The molecule has 14 heavy (non-hydrogen) atoms. The summed E-state index contributed by atoms with van der Waals surface area (Å²) in [6.45, 7) is 4.04. The smallest absolute Gasteiger partial charge is 0.0936 e. The fourth-order valence-corrected chi connectivity index (χ4v) is 1.79. The largest absolute Gasteiger partial charge is 0.402 e. The molecule has 4 heteroatoms. The van der Waals surface area contributed by atoms with E-state index < -0.39 is 0 Å². The van der Waals surface area contributed by atoms with Gasteiger partial charge in [-0.3, -0.25) is 0 Å². The molecule has 0 aromatic heterocycles. The van der Waals surface area contributed by atoms with Crippen LogP contribution < -0.4 is 22.5 Å². The second kappa shape index (κ2) is 4.91. The molecule has 0 aliphatic carbocycles. The second-order valence-corrected chi connectivity index (χ2v) is 3.81. The molecule has 0 radical (unpaired) electrons. The van der Waals surface area contributed by atoms with Gasteiger partial charge in [0.15, 0.2) is 0 Å². The summed E-state index contributed by atoms with van der Waals surface area (Å²) in [5, 5.41) is 3.31. The highest BCUT2D eigenvalue weighted by Crippen LogP contribution is 2.20. The van der Waals surface area contributed by atoms with Crippen molar-refractivity contribution in [3.8, 4) is 0 Å². The molecule has 80 valence electrons. The molecule has 0 spiro atoms. The fourth-order valence-electron chi connectivity index (χ4n) is 1.79. The van der Waals surface area contributed by atoms with Crippen LogP contribution in [0.25, 0.3) is 0 Å². The Morgan fingerprint density at radius 2 is 1.79 bits per heavy atom. The van der Waals surface area contributed by atoms with Crippen LogP contribution in [0, 0.1) is 5.92 Å². The topological polar surface area (TPSA) is 90.1 Å². The quantitative estimate of drug-likeness (QED) is 0.467. The maximum atomic E-state index is 6.04. The Balaban J connectivity index is 2.69. The van der Waals surface area contributed by atoms with Gasteiger partial charge in [-0.05, 0) is 44.5 Å². The summed E-state index contributed by atoms with van der Waals surface area (Å²) in [6, 6.07) is 0. The van der Waals surface area contributed by atoms with Gasteiger partial charge in [-0.1, -0.05) is 0 Å². The van der Waals surface area contributed by atoms with Gasteiger partial charge >= 0.3 is 0 Å². The normalized spacial score (nSPS) is 20.1. The minimum atomic E-state index is 0.319. The maximum absolute atomic E-state index is 6.04. The summed E-state index contributed by atoms with van der Waals surface area (Å²) < 4.78 is 0. The van der Waals surface area contributed by atoms with Gasteiger partial charge in [0.1, 0.15) is 0 Å². The number of nitrogens with one attached hydrogen (secondary N) is 1. The SMILES string of the molecule is C/C(C=C(N)N)=C(/N)C1CCNCC1. The van der Waals surface area contributed by atoms with Crippen LogP contribution in [0.1, 0.15) is 19.8 Å². The van der Waals surface area contributed by atoms with Crippen molar-refractivity contribution in [3.63, 3.8) is 0 Å². The molecule has 1 aliphatic rings. The number of nitrogens with two attached hydrogens (primary N) is 3. The number of allylic oxidation sites excluding steroid dienone is 3. The average molecular weight is 196 g/mol. The third kappa shape index (κ3) is 2.96. The van der Waals surface area contributed by atoms with Crippen molar-refractivity contribution in [3.05, 3.63) is 23.2 Å². The molecule has 0 amide bonds. The van der Waals surface area contributed by atoms with Crippen LogP contribution in [0.15, 0.2) is 23.2 Å².